The summed E-state index contributed by atoms with van der Waals surface area (Å²) in [5, 5.41) is 11.2. The van der Waals surface area contributed by atoms with Crippen molar-refractivity contribution in [2.24, 2.45) is 0 Å². The molecule has 0 radical (unpaired) electrons. The number of hydrogen-bond acceptors (Lipinski definition) is 1. The summed E-state index contributed by atoms with van der Waals surface area (Å²) in [5.74, 6) is 0. The topological polar surface area (TPSA) is 20.2 Å². The van der Waals surface area contributed by atoms with Crippen LogP contribution in [0.3, 0.4) is 0 Å². The van der Waals surface area contributed by atoms with Crippen LogP contribution in [0.15, 0.2) is 84.6 Å². The third-order valence-corrected chi connectivity index (χ3v) is 3.15. The Bertz CT molecular complexity index is 454. The summed E-state index contributed by atoms with van der Waals surface area (Å²) >= 11 is 0. The van der Waals surface area contributed by atoms with Crippen LogP contribution in [-0.4, -0.2) is 10.7 Å². The maximum Gasteiger partial charge on any atom is 0.132 e. The molecule has 0 atom stereocenters. The number of rotatable bonds is 7. The van der Waals surface area contributed by atoms with E-state index in [1.807, 2.05) is 64.2 Å². The molecule has 0 saturated heterocycles. The first-order valence-electron chi connectivity index (χ1n) is 6.77. The van der Waals surface area contributed by atoms with Crippen LogP contribution in [0.25, 0.3) is 0 Å². The highest BCUT2D eigenvalue weighted by Crippen LogP contribution is 2.34. The van der Waals surface area contributed by atoms with E-state index in [0.29, 0.717) is 5.57 Å². The fourth-order valence-electron chi connectivity index (χ4n) is 1.95. The van der Waals surface area contributed by atoms with Gasteiger partial charge in [0.2, 0.25) is 0 Å². The van der Waals surface area contributed by atoms with Crippen LogP contribution < -0.4 is 0 Å². The third kappa shape index (κ3) is 4.36. The second-order valence-electron chi connectivity index (χ2n) is 4.52. The quantitative estimate of drug-likeness (QED) is 0.641. The molecule has 20 heavy (non-hydrogen) atoms. The summed E-state index contributed by atoms with van der Waals surface area (Å²) in [7, 11) is 0. The second-order valence-corrected chi connectivity index (χ2v) is 4.52. The standard InChI is InChI=1S/C19H26O/c1-7-11-14-16(5)19(20,17(6)15-12-8-2)18(10-4)13-9-3/h7-15,20H,3-4H2,1-2,5-6H3/b11-7-,12-8-,16-14+,17-15+,18-13+. The van der Waals surface area contributed by atoms with Gasteiger partial charge in [0.25, 0.3) is 0 Å². The molecule has 108 valence electrons. The van der Waals surface area contributed by atoms with Gasteiger partial charge in [-0.05, 0) is 44.4 Å². The maximum atomic E-state index is 11.2. The monoisotopic (exact) mass is 270 g/mol. The van der Waals surface area contributed by atoms with Crippen LogP contribution >= 0.6 is 0 Å². The van der Waals surface area contributed by atoms with E-state index in [9.17, 15) is 5.11 Å². The van der Waals surface area contributed by atoms with E-state index in [0.717, 1.165) is 11.1 Å². The Hall–Kier alpha value is -1.86. The van der Waals surface area contributed by atoms with Crippen LogP contribution in [0.1, 0.15) is 27.7 Å². The van der Waals surface area contributed by atoms with Crippen molar-refractivity contribution in [3.05, 3.63) is 84.6 Å². The largest absolute Gasteiger partial charge is 0.377 e. The summed E-state index contributed by atoms with van der Waals surface area (Å²) in [5.41, 5.74) is 1.21. The Labute approximate surface area is 123 Å². The molecule has 1 N–H and O–H groups in total. The molecule has 0 aromatic carbocycles. The molecule has 0 unspecified atom stereocenters. The van der Waals surface area contributed by atoms with Crippen molar-refractivity contribution in [2.75, 3.05) is 0 Å². The van der Waals surface area contributed by atoms with Crippen LogP contribution in [0.2, 0.25) is 0 Å². The van der Waals surface area contributed by atoms with Crippen molar-refractivity contribution in [3.8, 4) is 0 Å². The van der Waals surface area contributed by atoms with Gasteiger partial charge in [-0.25, -0.2) is 0 Å². The first kappa shape index (κ1) is 18.1. The van der Waals surface area contributed by atoms with Gasteiger partial charge >= 0.3 is 0 Å². The summed E-state index contributed by atoms with van der Waals surface area (Å²) in [6, 6.07) is 0. The molecule has 0 heterocycles. The van der Waals surface area contributed by atoms with E-state index >= 15 is 0 Å². The number of aliphatic hydroxyl groups is 1. The van der Waals surface area contributed by atoms with E-state index in [-0.39, 0.29) is 0 Å². The number of hydrogen-bond donors (Lipinski definition) is 1. The van der Waals surface area contributed by atoms with Crippen molar-refractivity contribution < 1.29 is 5.11 Å². The molecule has 0 aromatic heterocycles. The molecule has 0 saturated carbocycles. The fourth-order valence-corrected chi connectivity index (χ4v) is 1.95. The lowest BCUT2D eigenvalue weighted by atomic mass is 9.79. The third-order valence-electron chi connectivity index (χ3n) is 3.15. The zero-order chi connectivity index (χ0) is 15.6. The lowest BCUT2D eigenvalue weighted by Crippen LogP contribution is -2.33. The van der Waals surface area contributed by atoms with Crippen molar-refractivity contribution in [1.29, 1.82) is 0 Å². The van der Waals surface area contributed by atoms with Crippen LogP contribution in [0.5, 0.6) is 0 Å². The predicted molar refractivity (Wildman–Crippen MR) is 90.6 cm³/mol. The van der Waals surface area contributed by atoms with Crippen molar-refractivity contribution in [2.45, 2.75) is 33.3 Å². The van der Waals surface area contributed by atoms with Gasteiger partial charge in [0.15, 0.2) is 0 Å². The van der Waals surface area contributed by atoms with Gasteiger partial charge in [-0.3, -0.25) is 0 Å². The van der Waals surface area contributed by atoms with Crippen molar-refractivity contribution in [1.82, 2.24) is 0 Å². The SMILES string of the molecule is C=C/C=C(\C=C)C(O)(/C(C)=C/C=C\C)/C(C)=C/C=C\C. The van der Waals surface area contributed by atoms with E-state index < -0.39 is 5.60 Å². The zero-order valence-corrected chi connectivity index (χ0v) is 13.1. The average Bonchev–Trinajstić information content (AvgIpc) is 2.46. The van der Waals surface area contributed by atoms with Gasteiger partial charge in [0.1, 0.15) is 5.60 Å². The second kappa shape index (κ2) is 9.11. The van der Waals surface area contributed by atoms with Gasteiger partial charge in [0, 0.05) is 0 Å². The molecule has 0 amide bonds. The Morgan fingerprint density at radius 3 is 1.65 bits per heavy atom. The van der Waals surface area contributed by atoms with Gasteiger partial charge in [-0.1, -0.05) is 67.8 Å². The lowest BCUT2D eigenvalue weighted by molar-refractivity contribution is 0.159. The van der Waals surface area contributed by atoms with Gasteiger partial charge < -0.3 is 5.11 Å². The highest BCUT2D eigenvalue weighted by Gasteiger charge is 2.33. The molecule has 0 fully saturated rings. The van der Waals surface area contributed by atoms with Crippen LogP contribution in [0.4, 0.5) is 0 Å². The maximum absolute atomic E-state index is 11.2. The van der Waals surface area contributed by atoms with E-state index in [1.54, 1.807) is 18.2 Å². The molecular formula is C19H26O. The van der Waals surface area contributed by atoms with Crippen LogP contribution in [0, 0.1) is 0 Å². The van der Waals surface area contributed by atoms with E-state index in [4.69, 9.17) is 0 Å². The molecular weight excluding hydrogens is 244 g/mol. The Morgan fingerprint density at radius 2 is 1.35 bits per heavy atom. The highest BCUT2D eigenvalue weighted by molar-refractivity contribution is 5.49. The first-order valence-corrected chi connectivity index (χ1v) is 6.77. The summed E-state index contributed by atoms with van der Waals surface area (Å²) in [6.07, 6.45) is 16.6. The van der Waals surface area contributed by atoms with Gasteiger partial charge in [-0.2, -0.15) is 0 Å². The molecule has 0 aliphatic carbocycles. The zero-order valence-electron chi connectivity index (χ0n) is 13.1. The fraction of sp³-hybridized carbons (Fsp3) is 0.263. The average molecular weight is 270 g/mol. The molecule has 1 heteroatoms. The molecule has 0 aliphatic heterocycles. The molecule has 0 aromatic rings. The smallest absolute Gasteiger partial charge is 0.132 e. The molecule has 0 spiro atoms. The Balaban J connectivity index is 6.10. The minimum atomic E-state index is -1.17. The predicted octanol–water partition coefficient (Wildman–Crippen LogP) is 5.06. The Kier molecular flexibility index (Phi) is 8.26. The minimum absolute atomic E-state index is 0.712. The van der Waals surface area contributed by atoms with Crippen molar-refractivity contribution in [3.63, 3.8) is 0 Å². The molecule has 0 rings (SSSR count). The van der Waals surface area contributed by atoms with Crippen LogP contribution in [-0.2, 0) is 0 Å². The molecule has 0 aliphatic rings. The van der Waals surface area contributed by atoms with Crippen molar-refractivity contribution >= 4 is 0 Å². The molecule has 0 bridgehead atoms. The summed E-state index contributed by atoms with van der Waals surface area (Å²) in [6.45, 7) is 15.2. The van der Waals surface area contributed by atoms with Gasteiger partial charge in [-0.15, -0.1) is 0 Å². The minimum Gasteiger partial charge on any atom is -0.377 e. The highest BCUT2D eigenvalue weighted by atomic mass is 16.3. The lowest BCUT2D eigenvalue weighted by Gasteiger charge is -2.32. The summed E-state index contributed by atoms with van der Waals surface area (Å²) < 4.78 is 0. The normalized spacial score (nSPS) is 15.2. The number of allylic oxidation sites excluding steroid dienone is 8. The summed E-state index contributed by atoms with van der Waals surface area (Å²) in [4.78, 5) is 0. The van der Waals surface area contributed by atoms with Gasteiger partial charge in [0.05, 0.1) is 0 Å². The van der Waals surface area contributed by atoms with E-state index in [2.05, 4.69) is 13.2 Å². The van der Waals surface area contributed by atoms with E-state index in [1.165, 1.54) is 0 Å². The molecule has 1 nitrogen and oxygen atoms in total. The first-order chi connectivity index (χ1) is 9.48. The Morgan fingerprint density at radius 1 is 0.900 bits per heavy atom.